The fraction of sp³-hybridized carbons (Fsp3) is 0.600. The predicted octanol–water partition coefficient (Wildman–Crippen LogP) is 1.42. The summed E-state index contributed by atoms with van der Waals surface area (Å²) in [5, 5.41) is 4.01. The molecule has 1 aliphatic rings. The van der Waals surface area contributed by atoms with Crippen molar-refractivity contribution in [3.05, 3.63) is 18.0 Å². The van der Waals surface area contributed by atoms with E-state index in [1.807, 2.05) is 11.9 Å². The van der Waals surface area contributed by atoms with Crippen LogP contribution in [0, 0.1) is 0 Å². The number of aromatic nitrogens is 2. The van der Waals surface area contributed by atoms with E-state index >= 15 is 0 Å². The minimum Gasteiger partial charge on any atom is -0.338 e. The van der Waals surface area contributed by atoms with Gasteiger partial charge in [0.05, 0.1) is 11.8 Å². The molecule has 0 aromatic carbocycles. The van der Waals surface area contributed by atoms with Gasteiger partial charge in [0, 0.05) is 31.2 Å². The Morgan fingerprint density at radius 2 is 2.20 bits per heavy atom. The van der Waals surface area contributed by atoms with E-state index in [-0.39, 0.29) is 5.91 Å². The van der Waals surface area contributed by atoms with Crippen molar-refractivity contribution in [3.63, 3.8) is 0 Å². The van der Waals surface area contributed by atoms with E-state index in [1.165, 1.54) is 0 Å². The van der Waals surface area contributed by atoms with Crippen LogP contribution < -0.4 is 0 Å². The Labute approximate surface area is 97.4 Å². The number of likely N-dealkylation sites (tertiary alicyclic amines) is 1. The first-order valence-corrected chi connectivity index (χ1v) is 6.00. The highest BCUT2D eigenvalue weighted by Gasteiger charge is 2.22. The number of amides is 1. The largest absolute Gasteiger partial charge is 0.338 e. The normalized spacial score (nSPS) is 18.1. The number of aryl methyl sites for hydroxylation is 1. The van der Waals surface area contributed by atoms with Crippen molar-refractivity contribution in [2.75, 3.05) is 13.1 Å². The second kappa shape index (κ2) is 4.35. The van der Waals surface area contributed by atoms with Gasteiger partial charge in [0.1, 0.15) is 0 Å². The van der Waals surface area contributed by atoms with Gasteiger partial charge < -0.3 is 4.90 Å². The van der Waals surface area contributed by atoms with Gasteiger partial charge in [-0.25, -0.2) is 0 Å². The molecule has 0 radical (unpaired) electrons. The van der Waals surface area contributed by atoms with Gasteiger partial charge in [-0.1, -0.05) is 15.9 Å². The first kappa shape index (κ1) is 10.7. The number of hydrogen-bond donors (Lipinski definition) is 0. The molecular formula is C10H14BrN3O. The molecule has 1 aromatic rings. The molecule has 0 bridgehead atoms. The maximum atomic E-state index is 12.0. The van der Waals surface area contributed by atoms with Crippen LogP contribution in [0.1, 0.15) is 23.2 Å². The van der Waals surface area contributed by atoms with Gasteiger partial charge >= 0.3 is 0 Å². The second-order valence-electron chi connectivity index (χ2n) is 3.87. The average molecular weight is 272 g/mol. The fourth-order valence-corrected chi connectivity index (χ4v) is 2.17. The lowest BCUT2D eigenvalue weighted by Crippen LogP contribution is -2.38. The summed E-state index contributed by atoms with van der Waals surface area (Å²) in [7, 11) is 1.82. The molecule has 15 heavy (non-hydrogen) atoms. The second-order valence-corrected chi connectivity index (χ2v) is 5.16. The summed E-state index contributed by atoms with van der Waals surface area (Å²) >= 11 is 3.57. The first-order valence-electron chi connectivity index (χ1n) is 5.09. The van der Waals surface area contributed by atoms with Crippen LogP contribution in [0.3, 0.4) is 0 Å². The standard InChI is InChI=1S/C10H14BrN3O/c1-13-7-8(6-12-13)10(15)14-4-2-9(11)3-5-14/h6-7,9H,2-5H2,1H3. The van der Waals surface area contributed by atoms with E-state index in [0.29, 0.717) is 10.4 Å². The van der Waals surface area contributed by atoms with E-state index in [9.17, 15) is 4.79 Å². The van der Waals surface area contributed by atoms with E-state index < -0.39 is 0 Å². The topological polar surface area (TPSA) is 38.1 Å². The summed E-state index contributed by atoms with van der Waals surface area (Å²) in [6.45, 7) is 1.67. The Morgan fingerprint density at radius 1 is 1.53 bits per heavy atom. The van der Waals surface area contributed by atoms with Crippen molar-refractivity contribution < 1.29 is 4.79 Å². The molecule has 1 aliphatic heterocycles. The summed E-state index contributed by atoms with van der Waals surface area (Å²) in [6.07, 6.45) is 5.46. The number of hydrogen-bond acceptors (Lipinski definition) is 2. The maximum absolute atomic E-state index is 12.0. The molecule has 0 saturated carbocycles. The third-order valence-electron chi connectivity index (χ3n) is 2.66. The number of alkyl halides is 1. The molecule has 0 spiro atoms. The minimum absolute atomic E-state index is 0.0995. The smallest absolute Gasteiger partial charge is 0.257 e. The van der Waals surface area contributed by atoms with Gasteiger partial charge in [0.2, 0.25) is 0 Å². The lowest BCUT2D eigenvalue weighted by molar-refractivity contribution is 0.0728. The van der Waals surface area contributed by atoms with Crippen molar-refractivity contribution in [1.82, 2.24) is 14.7 Å². The molecule has 1 fully saturated rings. The zero-order valence-corrected chi connectivity index (χ0v) is 10.3. The number of rotatable bonds is 1. The Kier molecular flexibility index (Phi) is 3.09. The van der Waals surface area contributed by atoms with Crippen molar-refractivity contribution in [2.45, 2.75) is 17.7 Å². The fourth-order valence-electron chi connectivity index (χ4n) is 1.77. The number of carbonyl (C=O) groups is 1. The summed E-state index contributed by atoms with van der Waals surface area (Å²) in [5.74, 6) is 0.0995. The van der Waals surface area contributed by atoms with Crippen molar-refractivity contribution in [1.29, 1.82) is 0 Å². The molecule has 1 aromatic heterocycles. The van der Waals surface area contributed by atoms with Gasteiger partial charge in [0.25, 0.3) is 5.91 Å². The van der Waals surface area contributed by atoms with Gasteiger partial charge in [-0.2, -0.15) is 5.10 Å². The Morgan fingerprint density at radius 3 is 2.73 bits per heavy atom. The van der Waals surface area contributed by atoms with Crippen LogP contribution in [0.4, 0.5) is 0 Å². The van der Waals surface area contributed by atoms with E-state index in [2.05, 4.69) is 21.0 Å². The zero-order valence-electron chi connectivity index (χ0n) is 8.69. The van der Waals surface area contributed by atoms with Crippen LogP contribution in [-0.2, 0) is 7.05 Å². The maximum Gasteiger partial charge on any atom is 0.257 e. The molecule has 0 unspecified atom stereocenters. The van der Waals surface area contributed by atoms with E-state index in [4.69, 9.17) is 0 Å². The zero-order chi connectivity index (χ0) is 10.8. The summed E-state index contributed by atoms with van der Waals surface area (Å²) < 4.78 is 1.66. The highest BCUT2D eigenvalue weighted by atomic mass is 79.9. The Bertz CT molecular complexity index is 355. The molecule has 4 nitrogen and oxygen atoms in total. The van der Waals surface area contributed by atoms with Gasteiger partial charge in [-0.05, 0) is 12.8 Å². The first-order chi connectivity index (χ1) is 7.16. The van der Waals surface area contributed by atoms with Crippen molar-refractivity contribution >= 4 is 21.8 Å². The lowest BCUT2D eigenvalue weighted by Gasteiger charge is -2.29. The quantitative estimate of drug-likeness (QED) is 0.725. The summed E-state index contributed by atoms with van der Waals surface area (Å²) in [5.41, 5.74) is 0.686. The van der Waals surface area contributed by atoms with Crippen molar-refractivity contribution in [2.24, 2.45) is 7.05 Å². The van der Waals surface area contributed by atoms with Gasteiger partial charge in [0.15, 0.2) is 0 Å². The van der Waals surface area contributed by atoms with E-state index in [0.717, 1.165) is 25.9 Å². The Balaban J connectivity index is 2.02. The van der Waals surface area contributed by atoms with Crippen LogP contribution >= 0.6 is 15.9 Å². The molecule has 5 heteroatoms. The number of halogens is 1. The van der Waals surface area contributed by atoms with E-state index in [1.54, 1.807) is 17.1 Å². The summed E-state index contributed by atoms with van der Waals surface area (Å²) in [6, 6.07) is 0. The molecule has 2 rings (SSSR count). The third-order valence-corrected chi connectivity index (χ3v) is 3.58. The minimum atomic E-state index is 0.0995. The monoisotopic (exact) mass is 271 g/mol. The molecule has 1 amide bonds. The van der Waals surface area contributed by atoms with Crippen molar-refractivity contribution in [3.8, 4) is 0 Å². The predicted molar refractivity (Wildman–Crippen MR) is 61.1 cm³/mol. The van der Waals surface area contributed by atoms with Crippen LogP contribution in [0.5, 0.6) is 0 Å². The SMILES string of the molecule is Cn1cc(C(=O)N2CCC(Br)CC2)cn1. The lowest BCUT2D eigenvalue weighted by atomic mass is 10.1. The van der Waals surface area contributed by atoms with Crippen LogP contribution in [0.2, 0.25) is 0 Å². The Hall–Kier alpha value is -0.840. The molecular weight excluding hydrogens is 258 g/mol. The van der Waals surface area contributed by atoms with Gasteiger partial charge in [-0.15, -0.1) is 0 Å². The average Bonchev–Trinajstić information content (AvgIpc) is 2.65. The molecule has 0 atom stereocenters. The number of piperidine rings is 1. The van der Waals surface area contributed by atoms with Gasteiger partial charge in [-0.3, -0.25) is 9.48 Å². The summed E-state index contributed by atoms with van der Waals surface area (Å²) in [4.78, 5) is 14.4. The molecule has 82 valence electrons. The molecule has 0 aliphatic carbocycles. The number of nitrogens with zero attached hydrogens (tertiary/aromatic N) is 3. The van der Waals surface area contributed by atoms with Crippen LogP contribution in [0.15, 0.2) is 12.4 Å². The van der Waals surface area contributed by atoms with Crippen LogP contribution in [0.25, 0.3) is 0 Å². The third kappa shape index (κ3) is 2.40. The molecule has 0 N–H and O–H groups in total. The highest BCUT2D eigenvalue weighted by Crippen LogP contribution is 2.18. The molecule has 1 saturated heterocycles. The molecule has 2 heterocycles. The van der Waals surface area contributed by atoms with Crippen LogP contribution in [-0.4, -0.2) is 38.5 Å². The highest BCUT2D eigenvalue weighted by molar-refractivity contribution is 9.09. The number of carbonyl (C=O) groups excluding carboxylic acids is 1.